The maximum atomic E-state index is 11.6. The molecule has 1 aliphatic heterocycles. The zero-order chi connectivity index (χ0) is 13.1. The van der Waals surface area contributed by atoms with Gasteiger partial charge >= 0.3 is 0 Å². The summed E-state index contributed by atoms with van der Waals surface area (Å²) in [5.41, 5.74) is 0. The molecule has 2 N–H and O–H groups in total. The summed E-state index contributed by atoms with van der Waals surface area (Å²) >= 11 is 0. The number of amides is 1. The average Bonchev–Trinajstić information content (AvgIpc) is 2.41. The van der Waals surface area contributed by atoms with Crippen molar-refractivity contribution in [2.24, 2.45) is 5.92 Å². The molecule has 0 aliphatic carbocycles. The van der Waals surface area contributed by atoms with Crippen LogP contribution < -0.4 is 10.6 Å². The molecule has 1 amide bonds. The van der Waals surface area contributed by atoms with Crippen LogP contribution in [0.4, 0.5) is 0 Å². The maximum Gasteiger partial charge on any atom is 0.220 e. The molecule has 1 saturated heterocycles. The standard InChI is InChI=1S/C15H30N2O/c1-2-3-4-5-6-7-8-15(18)17-13-14-9-11-16-12-10-14/h14,16H,2-13H2,1H3,(H,17,18). The smallest absolute Gasteiger partial charge is 0.220 e. The van der Waals surface area contributed by atoms with Crippen molar-refractivity contribution in [3.8, 4) is 0 Å². The monoisotopic (exact) mass is 254 g/mol. The highest BCUT2D eigenvalue weighted by Gasteiger charge is 2.13. The van der Waals surface area contributed by atoms with Gasteiger partial charge in [0.05, 0.1) is 0 Å². The summed E-state index contributed by atoms with van der Waals surface area (Å²) < 4.78 is 0. The highest BCUT2D eigenvalue weighted by molar-refractivity contribution is 5.75. The van der Waals surface area contributed by atoms with E-state index in [2.05, 4.69) is 17.6 Å². The molecule has 0 atom stereocenters. The highest BCUT2D eigenvalue weighted by atomic mass is 16.1. The van der Waals surface area contributed by atoms with E-state index in [0.29, 0.717) is 5.92 Å². The lowest BCUT2D eigenvalue weighted by Crippen LogP contribution is -2.35. The van der Waals surface area contributed by atoms with Gasteiger partial charge in [-0.3, -0.25) is 4.79 Å². The van der Waals surface area contributed by atoms with Gasteiger partial charge in [-0.25, -0.2) is 0 Å². The van der Waals surface area contributed by atoms with Gasteiger partial charge in [-0.15, -0.1) is 0 Å². The van der Waals surface area contributed by atoms with Gasteiger partial charge in [0.2, 0.25) is 5.91 Å². The van der Waals surface area contributed by atoms with Gasteiger partial charge < -0.3 is 10.6 Å². The van der Waals surface area contributed by atoms with E-state index in [-0.39, 0.29) is 5.91 Å². The van der Waals surface area contributed by atoms with Crippen molar-refractivity contribution in [1.29, 1.82) is 0 Å². The second kappa shape index (κ2) is 10.4. The number of hydrogen-bond acceptors (Lipinski definition) is 2. The number of hydrogen-bond donors (Lipinski definition) is 2. The van der Waals surface area contributed by atoms with E-state index >= 15 is 0 Å². The van der Waals surface area contributed by atoms with Crippen LogP contribution in [0.25, 0.3) is 0 Å². The number of nitrogens with one attached hydrogen (secondary N) is 2. The summed E-state index contributed by atoms with van der Waals surface area (Å²) in [4.78, 5) is 11.6. The van der Waals surface area contributed by atoms with E-state index < -0.39 is 0 Å². The molecule has 3 nitrogen and oxygen atoms in total. The molecule has 0 aromatic carbocycles. The summed E-state index contributed by atoms with van der Waals surface area (Å²) in [6.07, 6.45) is 10.6. The van der Waals surface area contributed by atoms with Gasteiger partial charge in [-0.05, 0) is 38.3 Å². The van der Waals surface area contributed by atoms with Gasteiger partial charge in [0, 0.05) is 13.0 Å². The molecular weight excluding hydrogens is 224 g/mol. The lowest BCUT2D eigenvalue weighted by atomic mass is 9.98. The van der Waals surface area contributed by atoms with Gasteiger partial charge in [0.25, 0.3) is 0 Å². The predicted octanol–water partition coefficient (Wildman–Crippen LogP) is 2.85. The molecule has 0 saturated carbocycles. The molecule has 1 heterocycles. The second-order valence-electron chi connectivity index (χ2n) is 5.52. The van der Waals surface area contributed by atoms with Gasteiger partial charge in [-0.2, -0.15) is 0 Å². The minimum absolute atomic E-state index is 0.254. The summed E-state index contributed by atoms with van der Waals surface area (Å²) in [6.45, 7) is 5.33. The fourth-order valence-corrected chi connectivity index (χ4v) is 2.50. The van der Waals surface area contributed by atoms with Crippen molar-refractivity contribution in [2.75, 3.05) is 19.6 Å². The molecule has 1 aliphatic rings. The molecule has 18 heavy (non-hydrogen) atoms. The second-order valence-corrected chi connectivity index (χ2v) is 5.52. The van der Waals surface area contributed by atoms with E-state index in [4.69, 9.17) is 0 Å². The first-order valence-electron chi connectivity index (χ1n) is 7.80. The van der Waals surface area contributed by atoms with Gasteiger partial charge in [0.15, 0.2) is 0 Å². The Balaban J connectivity index is 1.90. The van der Waals surface area contributed by atoms with Crippen molar-refractivity contribution in [3.63, 3.8) is 0 Å². The van der Waals surface area contributed by atoms with Crippen LogP contribution in [0.5, 0.6) is 0 Å². The predicted molar refractivity (Wildman–Crippen MR) is 76.6 cm³/mol. The topological polar surface area (TPSA) is 41.1 Å². The number of unbranched alkanes of at least 4 members (excludes halogenated alkanes) is 5. The Morgan fingerprint density at radius 1 is 1.11 bits per heavy atom. The Labute approximate surface area is 112 Å². The molecule has 3 heteroatoms. The molecule has 0 aromatic heterocycles. The van der Waals surface area contributed by atoms with Crippen LogP contribution in [0.1, 0.15) is 64.7 Å². The summed E-state index contributed by atoms with van der Waals surface area (Å²) in [5.74, 6) is 0.948. The SMILES string of the molecule is CCCCCCCCC(=O)NCC1CCNCC1. The van der Waals surface area contributed by atoms with Crippen molar-refractivity contribution < 1.29 is 4.79 Å². The lowest BCUT2D eigenvalue weighted by molar-refractivity contribution is -0.121. The maximum absolute atomic E-state index is 11.6. The number of rotatable bonds is 9. The third-order valence-corrected chi connectivity index (χ3v) is 3.80. The Kier molecular flexibility index (Phi) is 8.92. The Morgan fingerprint density at radius 2 is 1.78 bits per heavy atom. The van der Waals surface area contributed by atoms with Crippen molar-refractivity contribution >= 4 is 5.91 Å². The van der Waals surface area contributed by atoms with E-state index in [1.54, 1.807) is 0 Å². The van der Waals surface area contributed by atoms with Crippen LogP contribution in [0.15, 0.2) is 0 Å². The largest absolute Gasteiger partial charge is 0.356 e. The molecule has 0 unspecified atom stereocenters. The zero-order valence-corrected chi connectivity index (χ0v) is 12.0. The van der Waals surface area contributed by atoms with Crippen molar-refractivity contribution in [2.45, 2.75) is 64.7 Å². The van der Waals surface area contributed by atoms with E-state index in [1.165, 1.54) is 44.9 Å². The van der Waals surface area contributed by atoms with Crippen molar-refractivity contribution in [1.82, 2.24) is 10.6 Å². The summed E-state index contributed by atoms with van der Waals surface area (Å²) in [5, 5.41) is 6.44. The van der Waals surface area contributed by atoms with Gasteiger partial charge in [0.1, 0.15) is 0 Å². The molecule has 1 rings (SSSR count). The quantitative estimate of drug-likeness (QED) is 0.621. The first-order valence-corrected chi connectivity index (χ1v) is 7.80. The van der Waals surface area contributed by atoms with E-state index in [1.807, 2.05) is 0 Å². The Hall–Kier alpha value is -0.570. The molecule has 0 bridgehead atoms. The molecule has 1 fully saturated rings. The Bertz CT molecular complexity index is 213. The molecular formula is C15H30N2O. The molecule has 0 aromatic rings. The third-order valence-electron chi connectivity index (χ3n) is 3.80. The molecule has 0 radical (unpaired) electrons. The van der Waals surface area contributed by atoms with Crippen LogP contribution in [0, 0.1) is 5.92 Å². The number of piperidine rings is 1. The van der Waals surface area contributed by atoms with Gasteiger partial charge in [-0.1, -0.05) is 39.0 Å². The average molecular weight is 254 g/mol. The minimum atomic E-state index is 0.254. The minimum Gasteiger partial charge on any atom is -0.356 e. The molecule has 106 valence electrons. The van der Waals surface area contributed by atoms with E-state index in [9.17, 15) is 4.79 Å². The summed E-state index contributed by atoms with van der Waals surface area (Å²) in [6, 6.07) is 0. The van der Waals surface area contributed by atoms with Crippen LogP contribution in [0.2, 0.25) is 0 Å². The highest BCUT2D eigenvalue weighted by Crippen LogP contribution is 2.10. The van der Waals surface area contributed by atoms with Crippen LogP contribution in [-0.4, -0.2) is 25.5 Å². The Morgan fingerprint density at radius 3 is 2.50 bits per heavy atom. The van der Waals surface area contributed by atoms with Crippen LogP contribution in [0.3, 0.4) is 0 Å². The fourth-order valence-electron chi connectivity index (χ4n) is 2.50. The van der Waals surface area contributed by atoms with Crippen LogP contribution >= 0.6 is 0 Å². The van der Waals surface area contributed by atoms with Crippen LogP contribution in [-0.2, 0) is 4.79 Å². The molecule has 0 spiro atoms. The number of carbonyl (C=O) groups excluding carboxylic acids is 1. The number of carbonyl (C=O) groups is 1. The lowest BCUT2D eigenvalue weighted by Gasteiger charge is -2.22. The first kappa shape index (κ1) is 15.5. The zero-order valence-electron chi connectivity index (χ0n) is 12.0. The van der Waals surface area contributed by atoms with E-state index in [0.717, 1.165) is 32.5 Å². The normalized spacial score (nSPS) is 16.7. The third kappa shape index (κ3) is 7.70. The summed E-state index contributed by atoms with van der Waals surface area (Å²) in [7, 11) is 0. The van der Waals surface area contributed by atoms with Crippen molar-refractivity contribution in [3.05, 3.63) is 0 Å². The first-order chi connectivity index (χ1) is 8.83. The fraction of sp³-hybridized carbons (Fsp3) is 0.933.